The molecule has 0 bridgehead atoms. The van der Waals surface area contributed by atoms with Crippen molar-refractivity contribution in [2.75, 3.05) is 7.05 Å². The highest BCUT2D eigenvalue weighted by atomic mass is 19.1. The molecule has 1 unspecified atom stereocenters. The minimum Gasteiger partial charge on any atom is -0.478 e. The van der Waals surface area contributed by atoms with Crippen LogP contribution in [0.3, 0.4) is 0 Å². The molecule has 0 radical (unpaired) electrons. The van der Waals surface area contributed by atoms with Crippen LogP contribution in [0.15, 0.2) is 41.0 Å². The van der Waals surface area contributed by atoms with E-state index < -0.39 is 5.97 Å². The fraction of sp³-hybridized carbons (Fsp3) is 0.267. The van der Waals surface area contributed by atoms with Gasteiger partial charge in [0, 0.05) is 11.6 Å². The van der Waals surface area contributed by atoms with Crippen LogP contribution >= 0.6 is 0 Å². The standard InChI is InChI=1S/C15H16FNO3/c1-10(11-5-3-4-6-13(11)16)17(2)9-14-12(15(18)19)7-8-20-14/h3-8,10H,9H2,1-2H3,(H,18,19). The third-order valence-electron chi connectivity index (χ3n) is 3.39. The average Bonchev–Trinajstić information content (AvgIpc) is 2.86. The van der Waals surface area contributed by atoms with Crippen molar-refractivity contribution in [3.63, 3.8) is 0 Å². The van der Waals surface area contributed by atoms with Gasteiger partial charge in [0.25, 0.3) is 0 Å². The summed E-state index contributed by atoms with van der Waals surface area (Å²) < 4.78 is 18.9. The number of rotatable bonds is 5. The second-order valence-corrected chi connectivity index (χ2v) is 4.68. The quantitative estimate of drug-likeness (QED) is 0.911. The topological polar surface area (TPSA) is 53.7 Å². The summed E-state index contributed by atoms with van der Waals surface area (Å²) in [5, 5.41) is 9.03. The highest BCUT2D eigenvalue weighted by Crippen LogP contribution is 2.24. The number of aromatic carboxylic acids is 1. The van der Waals surface area contributed by atoms with Crippen molar-refractivity contribution in [2.45, 2.75) is 19.5 Å². The van der Waals surface area contributed by atoms with E-state index in [0.29, 0.717) is 17.9 Å². The van der Waals surface area contributed by atoms with Crippen LogP contribution in [0, 0.1) is 5.82 Å². The first-order chi connectivity index (χ1) is 9.50. The van der Waals surface area contributed by atoms with Gasteiger partial charge >= 0.3 is 5.97 Å². The number of nitrogens with zero attached hydrogens (tertiary/aromatic N) is 1. The van der Waals surface area contributed by atoms with Crippen LogP contribution in [0.5, 0.6) is 0 Å². The second-order valence-electron chi connectivity index (χ2n) is 4.68. The lowest BCUT2D eigenvalue weighted by atomic mass is 10.1. The lowest BCUT2D eigenvalue weighted by molar-refractivity contribution is 0.0692. The number of carboxylic acid groups (broad SMARTS) is 1. The van der Waals surface area contributed by atoms with E-state index in [1.807, 2.05) is 11.8 Å². The monoisotopic (exact) mass is 277 g/mol. The van der Waals surface area contributed by atoms with Crippen LogP contribution in [-0.2, 0) is 6.54 Å². The van der Waals surface area contributed by atoms with Crippen LogP contribution in [0.1, 0.15) is 34.6 Å². The summed E-state index contributed by atoms with van der Waals surface area (Å²) in [6.07, 6.45) is 1.35. The fourth-order valence-corrected chi connectivity index (χ4v) is 2.07. The molecule has 0 fully saturated rings. The van der Waals surface area contributed by atoms with E-state index in [1.54, 1.807) is 25.2 Å². The van der Waals surface area contributed by atoms with Gasteiger partial charge in [-0.3, -0.25) is 4.90 Å². The van der Waals surface area contributed by atoms with Crippen LogP contribution < -0.4 is 0 Å². The van der Waals surface area contributed by atoms with Crippen molar-refractivity contribution >= 4 is 5.97 Å². The molecular weight excluding hydrogens is 261 g/mol. The molecule has 106 valence electrons. The molecule has 4 nitrogen and oxygen atoms in total. The second kappa shape index (κ2) is 5.88. The Hall–Kier alpha value is -2.14. The summed E-state index contributed by atoms with van der Waals surface area (Å²) >= 11 is 0. The Balaban J connectivity index is 2.16. The van der Waals surface area contributed by atoms with Crippen LogP contribution in [0.2, 0.25) is 0 Å². The lowest BCUT2D eigenvalue weighted by Crippen LogP contribution is -2.23. The summed E-state index contributed by atoms with van der Waals surface area (Å²) in [5.74, 6) is -0.936. The Bertz CT molecular complexity index is 609. The molecule has 20 heavy (non-hydrogen) atoms. The van der Waals surface area contributed by atoms with Crippen molar-refractivity contribution in [2.24, 2.45) is 0 Å². The van der Waals surface area contributed by atoms with Gasteiger partial charge < -0.3 is 9.52 Å². The van der Waals surface area contributed by atoms with E-state index in [9.17, 15) is 9.18 Å². The molecule has 0 saturated carbocycles. The van der Waals surface area contributed by atoms with Crippen molar-refractivity contribution in [3.8, 4) is 0 Å². The maximum atomic E-state index is 13.7. The third-order valence-corrected chi connectivity index (χ3v) is 3.39. The summed E-state index contributed by atoms with van der Waals surface area (Å²) in [7, 11) is 1.80. The van der Waals surface area contributed by atoms with Crippen molar-refractivity contribution in [1.82, 2.24) is 4.90 Å². The maximum absolute atomic E-state index is 13.7. The van der Waals surface area contributed by atoms with Gasteiger partial charge in [-0.05, 0) is 26.1 Å². The number of carbonyl (C=O) groups is 1. The molecule has 1 N–H and O–H groups in total. The van der Waals surface area contributed by atoms with E-state index in [-0.39, 0.29) is 17.4 Å². The molecule has 1 atom stereocenters. The van der Waals surface area contributed by atoms with Gasteiger partial charge in [-0.2, -0.15) is 0 Å². The summed E-state index contributed by atoms with van der Waals surface area (Å²) in [6.45, 7) is 2.16. The predicted octanol–water partition coefficient (Wildman–Crippen LogP) is 3.31. The molecule has 0 aliphatic rings. The van der Waals surface area contributed by atoms with Crippen LogP contribution in [-0.4, -0.2) is 23.0 Å². The molecule has 2 rings (SSSR count). The molecule has 0 aliphatic heterocycles. The largest absolute Gasteiger partial charge is 0.478 e. The molecular formula is C15H16FNO3. The Kier molecular flexibility index (Phi) is 4.20. The number of hydrogen-bond acceptors (Lipinski definition) is 3. The smallest absolute Gasteiger partial charge is 0.339 e. The summed E-state index contributed by atoms with van der Waals surface area (Å²) in [6, 6.07) is 7.77. The molecule has 1 aromatic heterocycles. The number of benzene rings is 1. The molecule has 1 aromatic carbocycles. The SMILES string of the molecule is CC(c1ccccc1F)N(C)Cc1occc1C(=O)O. The first-order valence-corrected chi connectivity index (χ1v) is 6.25. The van der Waals surface area contributed by atoms with E-state index in [0.717, 1.165) is 0 Å². The maximum Gasteiger partial charge on any atom is 0.339 e. The van der Waals surface area contributed by atoms with Crippen molar-refractivity contribution in [1.29, 1.82) is 0 Å². The van der Waals surface area contributed by atoms with Gasteiger partial charge in [-0.1, -0.05) is 18.2 Å². The number of hydrogen-bond donors (Lipinski definition) is 1. The van der Waals surface area contributed by atoms with Crippen molar-refractivity contribution < 1.29 is 18.7 Å². The van der Waals surface area contributed by atoms with Gasteiger partial charge in [0.1, 0.15) is 17.1 Å². The first kappa shape index (κ1) is 14.3. The van der Waals surface area contributed by atoms with Gasteiger partial charge in [0.05, 0.1) is 12.8 Å². The molecule has 2 aromatic rings. The zero-order chi connectivity index (χ0) is 14.7. The van der Waals surface area contributed by atoms with Crippen LogP contribution in [0.4, 0.5) is 4.39 Å². The zero-order valence-corrected chi connectivity index (χ0v) is 11.3. The van der Waals surface area contributed by atoms with Gasteiger partial charge in [0.2, 0.25) is 0 Å². The number of furan rings is 1. The van der Waals surface area contributed by atoms with Crippen LogP contribution in [0.25, 0.3) is 0 Å². The highest BCUT2D eigenvalue weighted by Gasteiger charge is 2.20. The Morgan fingerprint density at radius 3 is 2.75 bits per heavy atom. The normalized spacial score (nSPS) is 12.6. The Labute approximate surface area is 116 Å². The molecule has 5 heteroatoms. The van der Waals surface area contributed by atoms with Gasteiger partial charge in [-0.15, -0.1) is 0 Å². The minimum absolute atomic E-state index is 0.137. The average molecular weight is 277 g/mol. The molecule has 0 amide bonds. The number of carboxylic acids is 1. The predicted molar refractivity (Wildman–Crippen MR) is 71.9 cm³/mol. The van der Waals surface area contributed by atoms with Gasteiger partial charge in [-0.25, -0.2) is 9.18 Å². The first-order valence-electron chi connectivity index (χ1n) is 6.25. The Morgan fingerprint density at radius 1 is 1.40 bits per heavy atom. The van der Waals surface area contributed by atoms with E-state index in [2.05, 4.69) is 0 Å². The fourth-order valence-electron chi connectivity index (χ4n) is 2.07. The molecule has 1 heterocycles. The summed E-state index contributed by atoms with van der Waals surface area (Å²) in [5.41, 5.74) is 0.705. The highest BCUT2D eigenvalue weighted by molar-refractivity contribution is 5.88. The third kappa shape index (κ3) is 2.88. The molecule has 0 aliphatic carbocycles. The van der Waals surface area contributed by atoms with E-state index in [4.69, 9.17) is 9.52 Å². The van der Waals surface area contributed by atoms with Gasteiger partial charge in [0.15, 0.2) is 0 Å². The van der Waals surface area contributed by atoms with Crippen molar-refractivity contribution in [3.05, 3.63) is 59.3 Å². The van der Waals surface area contributed by atoms with E-state index >= 15 is 0 Å². The minimum atomic E-state index is -1.03. The molecule has 0 saturated heterocycles. The number of halogens is 1. The lowest BCUT2D eigenvalue weighted by Gasteiger charge is -2.24. The summed E-state index contributed by atoms with van der Waals surface area (Å²) in [4.78, 5) is 12.9. The zero-order valence-electron chi connectivity index (χ0n) is 11.3. The Morgan fingerprint density at radius 2 is 2.10 bits per heavy atom. The molecule has 0 spiro atoms. The van der Waals surface area contributed by atoms with E-state index in [1.165, 1.54) is 18.4 Å².